The van der Waals surface area contributed by atoms with E-state index in [1.165, 1.54) is 12.8 Å². The summed E-state index contributed by atoms with van der Waals surface area (Å²) in [5, 5.41) is 6.84. The van der Waals surface area contributed by atoms with Gasteiger partial charge in [-0.3, -0.25) is 0 Å². The first kappa shape index (κ1) is 27.1. The highest BCUT2D eigenvalue weighted by molar-refractivity contribution is 5.85. The summed E-state index contributed by atoms with van der Waals surface area (Å²) < 4.78 is 42.2. The molecule has 0 spiro atoms. The molecule has 2 saturated heterocycles. The summed E-state index contributed by atoms with van der Waals surface area (Å²) in [6.45, 7) is 8.53. The van der Waals surface area contributed by atoms with Crippen LogP contribution in [0.1, 0.15) is 24.0 Å². The lowest BCUT2D eigenvalue weighted by molar-refractivity contribution is -0.176. The largest absolute Gasteiger partial charge is 0.411 e. The minimum Gasteiger partial charge on any atom is -0.383 e. The molecule has 0 saturated carbocycles. The number of hydrogen-bond acceptors (Lipinski definition) is 5. The Labute approximate surface area is 189 Å². The zero-order valence-corrected chi connectivity index (χ0v) is 19.0. The molecule has 10 heteroatoms. The van der Waals surface area contributed by atoms with Gasteiger partial charge in [-0.1, -0.05) is 0 Å². The van der Waals surface area contributed by atoms with Crippen molar-refractivity contribution in [3.63, 3.8) is 0 Å². The van der Waals surface area contributed by atoms with Crippen LogP contribution in [-0.2, 0) is 11.3 Å². The van der Waals surface area contributed by atoms with Crippen molar-refractivity contribution in [1.82, 2.24) is 10.2 Å². The smallest absolute Gasteiger partial charge is 0.383 e. The highest BCUT2D eigenvalue weighted by Gasteiger charge is 2.27. The predicted molar refractivity (Wildman–Crippen MR) is 121 cm³/mol. The lowest BCUT2D eigenvalue weighted by atomic mass is 10.1. The fraction of sp³-hybridized carbons (Fsp3) is 0.700. The second-order valence-electron chi connectivity index (χ2n) is 7.61. The van der Waals surface area contributed by atoms with Crippen LogP contribution in [0.15, 0.2) is 12.1 Å². The quantitative estimate of drug-likeness (QED) is 0.601. The summed E-state index contributed by atoms with van der Waals surface area (Å²) in [6, 6.07) is 3.91. The number of ether oxygens (including phenoxy) is 1. The van der Waals surface area contributed by atoms with Crippen molar-refractivity contribution in [1.29, 1.82) is 0 Å². The van der Waals surface area contributed by atoms with Crippen LogP contribution in [0.4, 0.5) is 24.5 Å². The van der Waals surface area contributed by atoms with Crippen molar-refractivity contribution in [3.8, 4) is 0 Å². The van der Waals surface area contributed by atoms with E-state index in [0.717, 1.165) is 74.9 Å². The Morgan fingerprint density at radius 2 is 1.73 bits per heavy atom. The third-order valence-electron chi connectivity index (χ3n) is 5.37. The molecule has 2 fully saturated rings. The molecular weight excluding hydrogens is 440 g/mol. The van der Waals surface area contributed by atoms with Gasteiger partial charge in [0.2, 0.25) is 0 Å². The zero-order chi connectivity index (χ0) is 20.0. The monoisotopic (exact) mass is 472 g/mol. The fourth-order valence-electron chi connectivity index (χ4n) is 3.90. The maximum Gasteiger partial charge on any atom is 0.411 e. The van der Waals surface area contributed by atoms with Gasteiger partial charge in [-0.2, -0.15) is 13.2 Å². The molecule has 0 aliphatic carbocycles. The van der Waals surface area contributed by atoms with Crippen molar-refractivity contribution in [3.05, 3.63) is 23.3 Å². The number of nitrogens with one attached hydrogen (secondary N) is 2. The van der Waals surface area contributed by atoms with Crippen molar-refractivity contribution in [2.45, 2.75) is 32.5 Å². The predicted octanol–water partition coefficient (Wildman–Crippen LogP) is 3.83. The van der Waals surface area contributed by atoms with E-state index in [1.54, 1.807) is 0 Å². The van der Waals surface area contributed by atoms with Crippen LogP contribution in [0.3, 0.4) is 0 Å². The molecule has 5 nitrogen and oxygen atoms in total. The van der Waals surface area contributed by atoms with Crippen LogP contribution in [-0.4, -0.2) is 70.0 Å². The summed E-state index contributed by atoms with van der Waals surface area (Å²) >= 11 is 0. The summed E-state index contributed by atoms with van der Waals surface area (Å²) in [4.78, 5) is 4.74. The van der Waals surface area contributed by atoms with E-state index < -0.39 is 12.8 Å². The molecule has 0 bridgehead atoms. The first-order chi connectivity index (χ1) is 13.4. The van der Waals surface area contributed by atoms with E-state index in [1.807, 2.05) is 12.1 Å². The number of piperazine rings is 1. The third-order valence-corrected chi connectivity index (χ3v) is 5.37. The summed E-state index contributed by atoms with van der Waals surface area (Å²) in [5.74, 6) is 0. The van der Waals surface area contributed by atoms with Crippen LogP contribution in [0, 0.1) is 6.92 Å². The van der Waals surface area contributed by atoms with E-state index in [-0.39, 0.29) is 31.4 Å². The Bertz CT molecular complexity index is 637. The Morgan fingerprint density at radius 3 is 2.37 bits per heavy atom. The van der Waals surface area contributed by atoms with Gasteiger partial charge in [0, 0.05) is 50.6 Å². The minimum absolute atomic E-state index is 0. The van der Waals surface area contributed by atoms with Crippen molar-refractivity contribution >= 4 is 36.2 Å². The van der Waals surface area contributed by atoms with Crippen LogP contribution >= 0.6 is 24.8 Å². The molecule has 2 heterocycles. The van der Waals surface area contributed by atoms with Crippen LogP contribution in [0.25, 0.3) is 0 Å². The van der Waals surface area contributed by atoms with Gasteiger partial charge in [-0.05, 0) is 56.1 Å². The first-order valence-electron chi connectivity index (χ1n) is 10.1. The number of anilines is 2. The number of likely N-dealkylation sites (tertiary alicyclic amines) is 1. The first-order valence-corrected chi connectivity index (χ1v) is 10.1. The summed E-state index contributed by atoms with van der Waals surface area (Å²) in [7, 11) is 0. The van der Waals surface area contributed by atoms with Gasteiger partial charge >= 0.3 is 6.18 Å². The van der Waals surface area contributed by atoms with Gasteiger partial charge in [-0.25, -0.2) is 0 Å². The molecule has 0 amide bonds. The molecule has 0 unspecified atom stereocenters. The van der Waals surface area contributed by atoms with Crippen molar-refractivity contribution in [2.24, 2.45) is 0 Å². The lowest BCUT2D eigenvalue weighted by Crippen LogP contribution is -2.43. The van der Waals surface area contributed by atoms with E-state index >= 15 is 0 Å². The average molecular weight is 473 g/mol. The molecule has 1 aromatic carbocycles. The molecule has 2 aliphatic rings. The summed E-state index contributed by atoms with van der Waals surface area (Å²) in [6.07, 6.45) is -1.78. The molecular formula is C20H33Cl2F3N4O. The molecule has 0 radical (unpaired) electrons. The fourth-order valence-corrected chi connectivity index (χ4v) is 3.90. The van der Waals surface area contributed by atoms with Crippen molar-refractivity contribution < 1.29 is 17.9 Å². The second-order valence-corrected chi connectivity index (χ2v) is 7.61. The summed E-state index contributed by atoms with van der Waals surface area (Å²) in [5.41, 5.74) is 3.98. The van der Waals surface area contributed by atoms with Crippen LogP contribution < -0.4 is 15.5 Å². The second kappa shape index (κ2) is 12.8. The molecule has 0 aromatic heterocycles. The Kier molecular flexibility index (Phi) is 11.6. The number of hydrogen-bond donors (Lipinski definition) is 2. The van der Waals surface area contributed by atoms with Gasteiger partial charge < -0.3 is 25.2 Å². The average Bonchev–Trinajstić information content (AvgIpc) is 3.17. The van der Waals surface area contributed by atoms with Crippen molar-refractivity contribution in [2.75, 3.05) is 69.2 Å². The van der Waals surface area contributed by atoms with E-state index in [4.69, 9.17) is 4.74 Å². The topological polar surface area (TPSA) is 39.8 Å². The standard InChI is InChI=1S/C20H31F3N4O.2ClH/c1-16-18(25-6-9-26-7-2-3-8-26)12-17(14-28-15-20(21,22)23)13-19(16)27-10-4-24-5-11-27;;/h12-13,24-25H,2-11,14-15H2,1H3;2*1H. The molecule has 2 N–H and O–H groups in total. The maximum atomic E-state index is 12.4. The van der Waals surface area contributed by atoms with Crippen LogP contribution in [0.5, 0.6) is 0 Å². The van der Waals surface area contributed by atoms with E-state index in [2.05, 4.69) is 27.4 Å². The van der Waals surface area contributed by atoms with Gasteiger partial charge in [0.05, 0.1) is 6.61 Å². The van der Waals surface area contributed by atoms with E-state index in [0.29, 0.717) is 0 Å². The lowest BCUT2D eigenvalue weighted by Gasteiger charge is -2.32. The number of rotatable bonds is 8. The number of benzene rings is 1. The van der Waals surface area contributed by atoms with E-state index in [9.17, 15) is 13.2 Å². The van der Waals surface area contributed by atoms with Gasteiger partial charge in [-0.15, -0.1) is 24.8 Å². The molecule has 0 atom stereocenters. The number of alkyl halides is 3. The third kappa shape index (κ3) is 8.30. The molecule has 30 heavy (non-hydrogen) atoms. The zero-order valence-electron chi connectivity index (χ0n) is 17.4. The Balaban J connectivity index is 0.00000225. The molecule has 1 aromatic rings. The van der Waals surface area contributed by atoms with Gasteiger partial charge in [0.25, 0.3) is 0 Å². The SMILES string of the molecule is Cc1c(NCCN2CCCC2)cc(COCC(F)(F)F)cc1N1CCNCC1.Cl.Cl. The molecule has 3 rings (SSSR count). The van der Waals surface area contributed by atoms with Crippen LogP contribution in [0.2, 0.25) is 0 Å². The minimum atomic E-state index is -4.30. The van der Waals surface area contributed by atoms with Gasteiger partial charge in [0.15, 0.2) is 0 Å². The Hall–Kier alpha value is -0.930. The highest BCUT2D eigenvalue weighted by atomic mass is 35.5. The maximum absolute atomic E-state index is 12.4. The number of nitrogens with zero attached hydrogens (tertiary/aromatic N) is 2. The highest BCUT2D eigenvalue weighted by Crippen LogP contribution is 2.30. The normalized spacial score (nSPS) is 17.4. The molecule has 2 aliphatic heterocycles. The van der Waals surface area contributed by atoms with Gasteiger partial charge in [0.1, 0.15) is 6.61 Å². The Morgan fingerprint density at radius 1 is 1.07 bits per heavy atom. The number of halogens is 5. The molecule has 174 valence electrons.